The van der Waals surface area contributed by atoms with Gasteiger partial charge in [0, 0.05) is 13.6 Å². The number of urea groups is 1. The van der Waals surface area contributed by atoms with E-state index in [2.05, 4.69) is 5.32 Å². The van der Waals surface area contributed by atoms with Crippen molar-refractivity contribution >= 4 is 11.9 Å². The molecular formula is C25H24F3N3O3. The second kappa shape index (κ2) is 10.7. The molecule has 1 unspecified atom stereocenters. The molecule has 0 aliphatic rings. The van der Waals surface area contributed by atoms with Crippen molar-refractivity contribution in [3.63, 3.8) is 0 Å². The van der Waals surface area contributed by atoms with E-state index in [4.69, 9.17) is 10.5 Å². The molecule has 3 N–H and O–H groups in total. The number of nitrogens with one attached hydrogen (secondary N) is 1. The first kappa shape index (κ1) is 24.6. The first-order chi connectivity index (χ1) is 16.1. The summed E-state index contributed by atoms with van der Waals surface area (Å²) in [6, 6.07) is 19.1. The molecule has 1 atom stereocenters. The molecule has 0 aliphatic carbocycles. The number of benzene rings is 3. The Morgan fingerprint density at radius 3 is 2.24 bits per heavy atom. The van der Waals surface area contributed by atoms with Crippen LogP contribution in [0.1, 0.15) is 29.2 Å². The van der Waals surface area contributed by atoms with E-state index in [1.807, 2.05) is 18.2 Å². The summed E-state index contributed by atoms with van der Waals surface area (Å²) in [5, 5.41) is 2.57. The van der Waals surface area contributed by atoms with Crippen LogP contribution >= 0.6 is 0 Å². The average molecular weight is 471 g/mol. The number of hydrogen-bond acceptors (Lipinski definition) is 3. The average Bonchev–Trinajstić information content (AvgIpc) is 2.79. The van der Waals surface area contributed by atoms with Gasteiger partial charge in [-0.05, 0) is 47.5 Å². The van der Waals surface area contributed by atoms with E-state index in [1.54, 1.807) is 36.4 Å². The Morgan fingerprint density at radius 1 is 0.971 bits per heavy atom. The standard InChI is InChI=1S/C25H24F3N3O3/c1-31(16-17-10-12-19(13-11-17)25(26,27)28)23(32)15-22(30-24(29)33)18-6-5-9-21(14-18)34-20-7-3-2-4-8-20/h2-14,22H,15-16H2,1H3,(H3,29,30,33). The Balaban J connectivity index is 1.70. The van der Waals surface area contributed by atoms with Crippen LogP contribution in [0.3, 0.4) is 0 Å². The topological polar surface area (TPSA) is 84.7 Å². The Kier molecular flexibility index (Phi) is 7.78. The third-order valence-electron chi connectivity index (χ3n) is 5.06. The lowest BCUT2D eigenvalue weighted by Gasteiger charge is -2.23. The molecule has 0 bridgehead atoms. The summed E-state index contributed by atoms with van der Waals surface area (Å²) in [5.41, 5.74) is 5.72. The molecule has 0 saturated carbocycles. The highest BCUT2D eigenvalue weighted by molar-refractivity contribution is 5.78. The van der Waals surface area contributed by atoms with Crippen LogP contribution in [-0.4, -0.2) is 23.9 Å². The van der Waals surface area contributed by atoms with E-state index in [9.17, 15) is 22.8 Å². The molecule has 3 aromatic carbocycles. The van der Waals surface area contributed by atoms with Gasteiger partial charge < -0.3 is 20.7 Å². The largest absolute Gasteiger partial charge is 0.457 e. The summed E-state index contributed by atoms with van der Waals surface area (Å²) in [4.78, 5) is 25.8. The number of hydrogen-bond donors (Lipinski definition) is 2. The Morgan fingerprint density at radius 2 is 1.62 bits per heavy atom. The van der Waals surface area contributed by atoms with Crippen molar-refractivity contribution in [1.29, 1.82) is 0 Å². The highest BCUT2D eigenvalue weighted by Crippen LogP contribution is 2.29. The molecule has 34 heavy (non-hydrogen) atoms. The normalized spacial score (nSPS) is 12.0. The second-order valence-electron chi connectivity index (χ2n) is 7.70. The quantitative estimate of drug-likeness (QED) is 0.470. The van der Waals surface area contributed by atoms with E-state index < -0.39 is 23.8 Å². The minimum absolute atomic E-state index is 0.102. The lowest BCUT2D eigenvalue weighted by Crippen LogP contribution is -2.37. The predicted molar refractivity (Wildman–Crippen MR) is 121 cm³/mol. The van der Waals surface area contributed by atoms with E-state index in [0.717, 1.165) is 12.1 Å². The molecular weight excluding hydrogens is 447 g/mol. The number of nitrogens with two attached hydrogens (primary N) is 1. The van der Waals surface area contributed by atoms with E-state index >= 15 is 0 Å². The van der Waals surface area contributed by atoms with Gasteiger partial charge in [-0.1, -0.05) is 42.5 Å². The zero-order valence-corrected chi connectivity index (χ0v) is 18.4. The molecule has 3 amide bonds. The van der Waals surface area contributed by atoms with E-state index in [1.165, 1.54) is 24.1 Å². The first-order valence-corrected chi connectivity index (χ1v) is 10.4. The van der Waals surface area contributed by atoms with Crippen molar-refractivity contribution < 1.29 is 27.5 Å². The Labute approximate surface area is 195 Å². The van der Waals surface area contributed by atoms with Gasteiger partial charge >= 0.3 is 12.2 Å². The summed E-state index contributed by atoms with van der Waals surface area (Å²) >= 11 is 0. The van der Waals surface area contributed by atoms with Gasteiger partial charge in [0.05, 0.1) is 18.0 Å². The zero-order chi connectivity index (χ0) is 24.7. The summed E-state index contributed by atoms with van der Waals surface area (Å²) in [6.45, 7) is 0.109. The molecule has 9 heteroatoms. The monoisotopic (exact) mass is 471 g/mol. The number of carbonyl (C=O) groups is 2. The van der Waals surface area contributed by atoms with Gasteiger partial charge in [-0.25, -0.2) is 4.79 Å². The van der Waals surface area contributed by atoms with E-state index in [0.29, 0.717) is 22.6 Å². The molecule has 0 aliphatic heterocycles. The highest BCUT2D eigenvalue weighted by Gasteiger charge is 2.30. The predicted octanol–water partition coefficient (Wildman–Crippen LogP) is 5.26. The van der Waals surface area contributed by atoms with Gasteiger partial charge in [0.15, 0.2) is 0 Å². The van der Waals surface area contributed by atoms with Crippen LogP contribution in [0.2, 0.25) is 0 Å². The number of alkyl halides is 3. The maximum Gasteiger partial charge on any atom is 0.416 e. The van der Waals surface area contributed by atoms with Crippen molar-refractivity contribution in [3.05, 3.63) is 95.6 Å². The fourth-order valence-corrected chi connectivity index (χ4v) is 3.33. The van der Waals surface area contributed by atoms with Crippen LogP contribution < -0.4 is 15.8 Å². The minimum Gasteiger partial charge on any atom is -0.457 e. The summed E-state index contributed by atoms with van der Waals surface area (Å²) in [6.07, 6.45) is -4.53. The third-order valence-corrected chi connectivity index (χ3v) is 5.06. The van der Waals surface area contributed by atoms with Crippen molar-refractivity contribution in [1.82, 2.24) is 10.2 Å². The van der Waals surface area contributed by atoms with Gasteiger partial charge in [0.2, 0.25) is 5.91 Å². The molecule has 0 aromatic heterocycles. The van der Waals surface area contributed by atoms with Crippen molar-refractivity contribution in [2.75, 3.05) is 7.05 Å². The number of rotatable bonds is 8. The number of para-hydroxylation sites is 1. The molecule has 0 spiro atoms. The molecule has 0 saturated heterocycles. The third kappa shape index (κ3) is 6.99. The highest BCUT2D eigenvalue weighted by atomic mass is 19.4. The maximum atomic E-state index is 12.8. The molecule has 0 fully saturated rings. The SMILES string of the molecule is CN(Cc1ccc(C(F)(F)F)cc1)C(=O)CC(NC(N)=O)c1cccc(Oc2ccccc2)c1. The van der Waals surface area contributed by atoms with Crippen LogP contribution in [-0.2, 0) is 17.5 Å². The van der Waals surface area contributed by atoms with Crippen LogP contribution in [0.4, 0.5) is 18.0 Å². The number of nitrogens with zero attached hydrogens (tertiary/aromatic N) is 1. The van der Waals surface area contributed by atoms with Crippen LogP contribution in [0.25, 0.3) is 0 Å². The lowest BCUT2D eigenvalue weighted by atomic mass is 10.0. The number of amides is 3. The fraction of sp³-hybridized carbons (Fsp3) is 0.200. The number of carbonyl (C=O) groups excluding carboxylic acids is 2. The fourth-order valence-electron chi connectivity index (χ4n) is 3.33. The lowest BCUT2D eigenvalue weighted by molar-refractivity contribution is -0.137. The van der Waals surface area contributed by atoms with Crippen molar-refractivity contribution in [2.24, 2.45) is 5.73 Å². The van der Waals surface area contributed by atoms with Gasteiger partial charge in [-0.2, -0.15) is 13.2 Å². The maximum absolute atomic E-state index is 12.8. The van der Waals surface area contributed by atoms with E-state index in [-0.39, 0.29) is 18.9 Å². The van der Waals surface area contributed by atoms with Crippen molar-refractivity contribution in [3.8, 4) is 11.5 Å². The summed E-state index contributed by atoms with van der Waals surface area (Å²) in [7, 11) is 1.54. The van der Waals surface area contributed by atoms with Crippen LogP contribution in [0.15, 0.2) is 78.9 Å². The van der Waals surface area contributed by atoms with Gasteiger partial charge in [-0.15, -0.1) is 0 Å². The first-order valence-electron chi connectivity index (χ1n) is 10.4. The van der Waals surface area contributed by atoms with Gasteiger partial charge in [0.25, 0.3) is 0 Å². The molecule has 6 nitrogen and oxygen atoms in total. The zero-order valence-electron chi connectivity index (χ0n) is 18.4. The smallest absolute Gasteiger partial charge is 0.416 e. The summed E-state index contributed by atoms with van der Waals surface area (Å²) < 4.78 is 44.1. The molecule has 178 valence electrons. The molecule has 0 heterocycles. The van der Waals surface area contributed by atoms with Gasteiger partial charge in [0.1, 0.15) is 11.5 Å². The molecule has 3 aromatic rings. The van der Waals surface area contributed by atoms with Crippen LogP contribution in [0.5, 0.6) is 11.5 Å². The van der Waals surface area contributed by atoms with Crippen LogP contribution in [0, 0.1) is 0 Å². The van der Waals surface area contributed by atoms with Gasteiger partial charge in [-0.3, -0.25) is 4.79 Å². The second-order valence-corrected chi connectivity index (χ2v) is 7.70. The number of halogens is 3. The Bertz CT molecular complexity index is 1120. The number of ether oxygens (including phenoxy) is 1. The minimum atomic E-state index is -4.42. The molecule has 0 radical (unpaired) electrons. The summed E-state index contributed by atoms with van der Waals surface area (Å²) in [5.74, 6) is 0.824. The molecule has 3 rings (SSSR count). The Hall–Kier alpha value is -4.01. The van der Waals surface area contributed by atoms with Crippen molar-refractivity contribution in [2.45, 2.75) is 25.2 Å². The number of primary amides is 1.